The number of hydrogen-bond donors (Lipinski definition) is 1. The summed E-state index contributed by atoms with van der Waals surface area (Å²) in [5.41, 5.74) is 2.67. The predicted octanol–water partition coefficient (Wildman–Crippen LogP) is 2.60. The summed E-state index contributed by atoms with van der Waals surface area (Å²) in [5, 5.41) is 15.7. The molecule has 0 unspecified atom stereocenters. The zero-order chi connectivity index (χ0) is 17.3. The molecule has 1 fully saturated rings. The Hall–Kier alpha value is -2.37. The number of carbonyl (C=O) groups excluding carboxylic acids is 1. The predicted molar refractivity (Wildman–Crippen MR) is 92.4 cm³/mol. The quantitative estimate of drug-likeness (QED) is 0.925. The fourth-order valence-electron chi connectivity index (χ4n) is 3.46. The molecule has 2 aliphatic rings. The number of likely N-dealkylation sites (tertiary alicyclic amines) is 1. The van der Waals surface area contributed by atoms with Gasteiger partial charge in [-0.15, -0.1) is 0 Å². The van der Waals surface area contributed by atoms with E-state index in [4.69, 9.17) is 0 Å². The Morgan fingerprint density at radius 2 is 1.92 bits per heavy atom. The molecule has 0 saturated carbocycles. The number of rotatable bonds is 3. The van der Waals surface area contributed by atoms with Crippen molar-refractivity contribution in [3.8, 4) is 0 Å². The minimum atomic E-state index is -0.822. The van der Waals surface area contributed by atoms with Crippen LogP contribution < -0.4 is 5.01 Å². The molecular formula is C18H23N3O3. The third kappa shape index (κ3) is 3.13. The highest BCUT2D eigenvalue weighted by Crippen LogP contribution is 2.26. The number of amides is 1. The Labute approximate surface area is 141 Å². The number of hydrogen-bond acceptors (Lipinski definition) is 4. The van der Waals surface area contributed by atoms with Crippen molar-refractivity contribution in [1.82, 2.24) is 4.90 Å². The van der Waals surface area contributed by atoms with Crippen LogP contribution in [0.25, 0.3) is 0 Å². The second kappa shape index (κ2) is 6.63. The summed E-state index contributed by atoms with van der Waals surface area (Å²) in [6.07, 6.45) is 2.32. The molecule has 2 aliphatic heterocycles. The molecular weight excluding hydrogens is 306 g/mol. The highest BCUT2D eigenvalue weighted by atomic mass is 16.4. The van der Waals surface area contributed by atoms with Crippen LogP contribution in [0.4, 0.5) is 5.69 Å². The van der Waals surface area contributed by atoms with Gasteiger partial charge in [0.15, 0.2) is 0 Å². The average molecular weight is 329 g/mol. The van der Waals surface area contributed by atoms with E-state index in [0.29, 0.717) is 18.5 Å². The van der Waals surface area contributed by atoms with Crippen molar-refractivity contribution in [2.24, 2.45) is 11.0 Å². The van der Waals surface area contributed by atoms with Gasteiger partial charge in [-0.25, -0.2) is 0 Å². The van der Waals surface area contributed by atoms with Crippen molar-refractivity contribution in [3.63, 3.8) is 0 Å². The van der Waals surface area contributed by atoms with Gasteiger partial charge in [0.1, 0.15) is 0 Å². The fraction of sp³-hybridized carbons (Fsp3) is 0.500. The maximum atomic E-state index is 12.8. The van der Waals surface area contributed by atoms with Crippen molar-refractivity contribution >= 4 is 23.3 Å². The zero-order valence-corrected chi connectivity index (χ0v) is 14.1. The topological polar surface area (TPSA) is 73.2 Å². The molecule has 2 heterocycles. The summed E-state index contributed by atoms with van der Waals surface area (Å²) in [7, 11) is 0. The van der Waals surface area contributed by atoms with Crippen LogP contribution in [0.15, 0.2) is 29.4 Å². The molecule has 6 nitrogen and oxygen atoms in total. The lowest BCUT2D eigenvalue weighted by Gasteiger charge is -2.37. The van der Waals surface area contributed by atoms with E-state index in [9.17, 15) is 14.7 Å². The van der Waals surface area contributed by atoms with E-state index in [2.05, 4.69) is 5.10 Å². The summed E-state index contributed by atoms with van der Waals surface area (Å²) in [6, 6.07) is 7.13. The Balaban J connectivity index is 1.74. The molecule has 24 heavy (non-hydrogen) atoms. The van der Waals surface area contributed by atoms with E-state index < -0.39 is 11.9 Å². The van der Waals surface area contributed by atoms with Gasteiger partial charge in [-0.1, -0.05) is 0 Å². The van der Waals surface area contributed by atoms with Crippen LogP contribution in [-0.2, 0) is 4.79 Å². The molecule has 0 bridgehead atoms. The highest BCUT2D eigenvalue weighted by Gasteiger charge is 2.35. The number of hydrazone groups is 1. The van der Waals surface area contributed by atoms with E-state index in [1.165, 1.54) is 0 Å². The standard InChI is InChI=1S/C18H23N3O3/c1-12-9-11-21(19-12)15-7-5-14(6-8-15)17(22)20-10-3-4-16(13(20)2)18(23)24/h5-8,13,16H,3-4,9-11H2,1-2H3,(H,23,24)/t13-,16-/m1/s1. The zero-order valence-electron chi connectivity index (χ0n) is 14.1. The second-order valence-corrected chi connectivity index (χ2v) is 6.58. The van der Waals surface area contributed by atoms with Gasteiger partial charge in [0.25, 0.3) is 5.91 Å². The molecule has 3 rings (SSSR count). The Kier molecular flexibility index (Phi) is 4.55. The minimum Gasteiger partial charge on any atom is -0.481 e. The molecule has 1 N–H and O–H groups in total. The SMILES string of the molecule is CC1=NN(c2ccc(C(=O)N3CCC[C@@H](C(=O)O)[C@H]3C)cc2)CC1. The van der Waals surface area contributed by atoms with Gasteiger partial charge in [-0.2, -0.15) is 5.10 Å². The first-order chi connectivity index (χ1) is 11.5. The Morgan fingerprint density at radius 1 is 1.21 bits per heavy atom. The van der Waals surface area contributed by atoms with E-state index in [1.807, 2.05) is 31.0 Å². The summed E-state index contributed by atoms with van der Waals surface area (Å²) in [4.78, 5) is 25.8. The number of aliphatic carboxylic acids is 1. The largest absolute Gasteiger partial charge is 0.481 e. The van der Waals surface area contributed by atoms with Crippen molar-refractivity contribution < 1.29 is 14.7 Å². The summed E-state index contributed by atoms with van der Waals surface area (Å²) in [6.45, 7) is 5.31. The normalized spacial score (nSPS) is 24.0. The first-order valence-electron chi connectivity index (χ1n) is 8.43. The molecule has 0 spiro atoms. The number of anilines is 1. The molecule has 0 radical (unpaired) electrons. The van der Waals surface area contributed by atoms with Crippen molar-refractivity contribution in [2.45, 2.75) is 39.2 Å². The third-order valence-electron chi connectivity index (χ3n) is 4.96. The second-order valence-electron chi connectivity index (χ2n) is 6.58. The molecule has 0 aromatic heterocycles. The van der Waals surface area contributed by atoms with Gasteiger partial charge >= 0.3 is 5.97 Å². The first-order valence-corrected chi connectivity index (χ1v) is 8.43. The van der Waals surface area contributed by atoms with Gasteiger partial charge in [0, 0.05) is 36.8 Å². The summed E-state index contributed by atoms with van der Waals surface area (Å²) >= 11 is 0. The lowest BCUT2D eigenvalue weighted by atomic mass is 9.90. The monoisotopic (exact) mass is 329 g/mol. The van der Waals surface area contributed by atoms with Crippen LogP contribution in [0.3, 0.4) is 0 Å². The first kappa shape index (κ1) is 16.5. The average Bonchev–Trinajstić information content (AvgIpc) is 3.01. The van der Waals surface area contributed by atoms with Crippen LogP contribution in [0.2, 0.25) is 0 Å². The van der Waals surface area contributed by atoms with E-state index in [-0.39, 0.29) is 11.9 Å². The number of carbonyl (C=O) groups is 2. The number of carboxylic acid groups (broad SMARTS) is 1. The van der Waals surface area contributed by atoms with E-state index in [0.717, 1.165) is 30.8 Å². The van der Waals surface area contributed by atoms with Crippen LogP contribution in [-0.4, -0.2) is 46.7 Å². The van der Waals surface area contributed by atoms with Gasteiger partial charge in [-0.3, -0.25) is 14.6 Å². The number of nitrogens with zero attached hydrogens (tertiary/aromatic N) is 3. The fourth-order valence-corrected chi connectivity index (χ4v) is 3.46. The molecule has 1 amide bonds. The van der Waals surface area contributed by atoms with Crippen molar-refractivity contribution in [2.75, 3.05) is 18.1 Å². The van der Waals surface area contributed by atoms with Gasteiger partial charge in [-0.05, 0) is 51.0 Å². The van der Waals surface area contributed by atoms with Crippen LogP contribution in [0.1, 0.15) is 43.5 Å². The summed E-state index contributed by atoms with van der Waals surface area (Å²) in [5.74, 6) is -1.40. The van der Waals surface area contributed by atoms with Crippen molar-refractivity contribution in [3.05, 3.63) is 29.8 Å². The number of benzene rings is 1. The van der Waals surface area contributed by atoms with Crippen LogP contribution >= 0.6 is 0 Å². The van der Waals surface area contributed by atoms with Gasteiger partial charge in [0.2, 0.25) is 0 Å². The van der Waals surface area contributed by atoms with E-state index in [1.54, 1.807) is 17.0 Å². The van der Waals surface area contributed by atoms with Crippen LogP contribution in [0.5, 0.6) is 0 Å². The molecule has 1 saturated heterocycles. The summed E-state index contributed by atoms with van der Waals surface area (Å²) < 4.78 is 0. The molecule has 1 aromatic carbocycles. The number of piperidine rings is 1. The molecule has 128 valence electrons. The molecule has 2 atom stereocenters. The van der Waals surface area contributed by atoms with Crippen molar-refractivity contribution in [1.29, 1.82) is 0 Å². The van der Waals surface area contributed by atoms with Gasteiger partial charge in [0.05, 0.1) is 11.6 Å². The van der Waals surface area contributed by atoms with Gasteiger partial charge < -0.3 is 10.0 Å². The highest BCUT2D eigenvalue weighted by molar-refractivity contribution is 5.95. The third-order valence-corrected chi connectivity index (χ3v) is 4.96. The Bertz CT molecular complexity index is 669. The molecule has 1 aromatic rings. The van der Waals surface area contributed by atoms with E-state index >= 15 is 0 Å². The van der Waals surface area contributed by atoms with Crippen LogP contribution in [0, 0.1) is 5.92 Å². The number of carboxylic acids is 1. The maximum Gasteiger partial charge on any atom is 0.308 e. The minimum absolute atomic E-state index is 0.0962. The smallest absolute Gasteiger partial charge is 0.308 e. The molecule has 6 heteroatoms. The lowest BCUT2D eigenvalue weighted by Crippen LogP contribution is -2.49. The maximum absolute atomic E-state index is 12.8. The lowest BCUT2D eigenvalue weighted by molar-refractivity contribution is -0.144. The Morgan fingerprint density at radius 3 is 2.50 bits per heavy atom. The molecule has 0 aliphatic carbocycles.